The third-order valence-electron chi connectivity index (χ3n) is 4.32. The van der Waals surface area contributed by atoms with Crippen molar-refractivity contribution in [2.24, 2.45) is 0 Å². The van der Waals surface area contributed by atoms with Crippen molar-refractivity contribution < 1.29 is 14.2 Å². The zero-order valence-electron chi connectivity index (χ0n) is 15.5. The van der Waals surface area contributed by atoms with Gasteiger partial charge in [0.2, 0.25) is 0 Å². The van der Waals surface area contributed by atoms with Crippen LogP contribution >= 0.6 is 15.9 Å². The lowest BCUT2D eigenvalue weighted by molar-refractivity contribution is 0.411. The van der Waals surface area contributed by atoms with Gasteiger partial charge in [0.25, 0.3) is 0 Å². The first-order valence-corrected chi connectivity index (χ1v) is 9.30. The number of hydrogen-bond donors (Lipinski definition) is 0. The third kappa shape index (κ3) is 4.01. The zero-order valence-corrected chi connectivity index (χ0v) is 17.1. The van der Waals surface area contributed by atoms with Gasteiger partial charge >= 0.3 is 0 Å². The highest BCUT2D eigenvalue weighted by Crippen LogP contribution is 2.42. The Kier molecular flexibility index (Phi) is 6.20. The van der Waals surface area contributed by atoms with Gasteiger partial charge in [-0.05, 0) is 45.8 Å². The largest absolute Gasteiger partial charge is 0.497 e. The highest BCUT2D eigenvalue weighted by atomic mass is 79.9. The van der Waals surface area contributed by atoms with Crippen molar-refractivity contribution >= 4 is 26.0 Å². The molecule has 0 spiro atoms. The first-order chi connectivity index (χ1) is 13.2. The van der Waals surface area contributed by atoms with Crippen LogP contribution in [0.2, 0.25) is 0 Å². The van der Waals surface area contributed by atoms with Crippen molar-refractivity contribution in [1.29, 1.82) is 0 Å². The minimum absolute atomic E-state index is 0.795. The second kappa shape index (κ2) is 8.78. The summed E-state index contributed by atoms with van der Waals surface area (Å²) in [5.74, 6) is 2.41. The molecule has 3 aromatic carbocycles. The van der Waals surface area contributed by atoms with E-state index in [0.717, 1.165) is 44.0 Å². The normalized spacial score (nSPS) is 10.2. The minimum atomic E-state index is 0.795. The van der Waals surface area contributed by atoms with Gasteiger partial charge in [0.1, 0.15) is 17.2 Å². The Balaban J connectivity index is 2.29. The Labute approximate surface area is 168 Å². The maximum Gasteiger partial charge on any atom is 0.126 e. The van der Waals surface area contributed by atoms with Crippen LogP contribution in [0.4, 0.5) is 0 Å². The molecule has 0 saturated carbocycles. The molecule has 138 valence electrons. The van der Waals surface area contributed by atoms with Gasteiger partial charge in [-0.2, -0.15) is 0 Å². The Hall–Kier alpha value is -2.72. The van der Waals surface area contributed by atoms with Crippen molar-refractivity contribution in [3.8, 4) is 17.2 Å². The Morgan fingerprint density at radius 3 is 1.56 bits per heavy atom. The van der Waals surface area contributed by atoms with E-state index in [1.54, 1.807) is 21.3 Å². The number of methoxy groups -OCH3 is 3. The number of rotatable bonds is 6. The summed E-state index contributed by atoms with van der Waals surface area (Å²) in [6, 6.07) is 23.9. The van der Waals surface area contributed by atoms with E-state index in [0.29, 0.717) is 0 Å². The van der Waals surface area contributed by atoms with E-state index >= 15 is 0 Å². The van der Waals surface area contributed by atoms with Gasteiger partial charge in [-0.15, -0.1) is 0 Å². The number of ether oxygens (including phenoxy) is 3. The number of benzene rings is 3. The Morgan fingerprint density at radius 1 is 0.630 bits per heavy atom. The monoisotopic (exact) mass is 424 g/mol. The fourth-order valence-corrected chi connectivity index (χ4v) is 3.66. The molecule has 0 N–H and O–H groups in total. The van der Waals surface area contributed by atoms with Crippen LogP contribution in [0.25, 0.3) is 10.1 Å². The highest BCUT2D eigenvalue weighted by molar-refractivity contribution is 9.15. The summed E-state index contributed by atoms with van der Waals surface area (Å²) in [6.45, 7) is 0. The van der Waals surface area contributed by atoms with Crippen LogP contribution in [0.3, 0.4) is 0 Å². The lowest BCUT2D eigenvalue weighted by Crippen LogP contribution is -1.98. The molecule has 0 fully saturated rings. The fourth-order valence-electron chi connectivity index (χ4n) is 2.97. The molecule has 0 atom stereocenters. The van der Waals surface area contributed by atoms with Crippen LogP contribution in [0.5, 0.6) is 17.2 Å². The van der Waals surface area contributed by atoms with Crippen molar-refractivity contribution in [2.45, 2.75) is 0 Å². The van der Waals surface area contributed by atoms with Crippen LogP contribution in [0, 0.1) is 0 Å². The third-order valence-corrected chi connectivity index (χ3v) is 5.17. The summed E-state index contributed by atoms with van der Waals surface area (Å²) < 4.78 is 17.5. The van der Waals surface area contributed by atoms with Crippen LogP contribution in [0.15, 0.2) is 72.8 Å². The van der Waals surface area contributed by atoms with Gasteiger partial charge < -0.3 is 14.2 Å². The van der Waals surface area contributed by atoms with E-state index < -0.39 is 0 Å². The molecular weight excluding hydrogens is 404 g/mol. The van der Waals surface area contributed by atoms with E-state index in [2.05, 4.69) is 15.9 Å². The minimum Gasteiger partial charge on any atom is -0.497 e. The number of halogens is 1. The van der Waals surface area contributed by atoms with Crippen LogP contribution < -0.4 is 14.2 Å². The summed E-state index contributed by atoms with van der Waals surface area (Å²) >= 11 is 3.83. The second-order valence-corrected chi connectivity index (χ2v) is 6.61. The van der Waals surface area contributed by atoms with E-state index in [1.807, 2.05) is 72.8 Å². The van der Waals surface area contributed by atoms with Gasteiger partial charge in [0.05, 0.1) is 21.3 Å². The van der Waals surface area contributed by atoms with E-state index in [9.17, 15) is 0 Å². The standard InChI is InChI=1S/C23H21BrO3/c1-25-17-14-12-16(13-15-17)23(24)22(18-8-4-6-10-20(18)26-2)19-9-5-7-11-21(19)27-3/h4-15H,1-3H3. The smallest absolute Gasteiger partial charge is 0.126 e. The molecule has 0 amide bonds. The van der Waals surface area contributed by atoms with Gasteiger partial charge in [-0.25, -0.2) is 0 Å². The van der Waals surface area contributed by atoms with Gasteiger partial charge in [0.15, 0.2) is 0 Å². The summed E-state index contributed by atoms with van der Waals surface area (Å²) in [7, 11) is 5.02. The van der Waals surface area contributed by atoms with Crippen LogP contribution in [0.1, 0.15) is 16.7 Å². The van der Waals surface area contributed by atoms with Crippen molar-refractivity contribution in [2.75, 3.05) is 21.3 Å². The van der Waals surface area contributed by atoms with Crippen molar-refractivity contribution in [3.05, 3.63) is 89.5 Å². The van der Waals surface area contributed by atoms with E-state index in [4.69, 9.17) is 14.2 Å². The zero-order chi connectivity index (χ0) is 19.2. The van der Waals surface area contributed by atoms with Crippen LogP contribution in [-0.2, 0) is 0 Å². The maximum atomic E-state index is 5.63. The van der Waals surface area contributed by atoms with E-state index in [1.165, 1.54) is 0 Å². The second-order valence-electron chi connectivity index (χ2n) is 5.82. The molecule has 3 aromatic rings. The van der Waals surface area contributed by atoms with Gasteiger partial charge in [-0.3, -0.25) is 0 Å². The molecule has 4 heteroatoms. The van der Waals surface area contributed by atoms with E-state index in [-0.39, 0.29) is 0 Å². The molecule has 0 heterocycles. The van der Waals surface area contributed by atoms with Crippen molar-refractivity contribution in [1.82, 2.24) is 0 Å². The molecule has 0 aliphatic heterocycles. The van der Waals surface area contributed by atoms with Gasteiger partial charge in [0, 0.05) is 21.2 Å². The molecule has 0 aliphatic carbocycles. The molecular formula is C23H21BrO3. The molecule has 3 nitrogen and oxygen atoms in total. The summed E-state index contributed by atoms with van der Waals surface area (Å²) in [6.07, 6.45) is 0. The number of hydrogen-bond acceptors (Lipinski definition) is 3. The first-order valence-electron chi connectivity index (χ1n) is 8.50. The Bertz CT molecular complexity index is 896. The van der Waals surface area contributed by atoms with Crippen molar-refractivity contribution in [3.63, 3.8) is 0 Å². The predicted octanol–water partition coefficient (Wildman–Crippen LogP) is 6.02. The summed E-state index contributed by atoms with van der Waals surface area (Å²) in [4.78, 5) is 0. The first kappa shape index (κ1) is 19.1. The molecule has 0 unspecified atom stereocenters. The summed E-state index contributed by atoms with van der Waals surface area (Å²) in [5.41, 5.74) is 3.98. The average Bonchev–Trinajstić information content (AvgIpc) is 2.74. The quantitative estimate of drug-likeness (QED) is 0.452. The Morgan fingerprint density at radius 2 is 1.11 bits per heavy atom. The predicted molar refractivity (Wildman–Crippen MR) is 114 cm³/mol. The lowest BCUT2D eigenvalue weighted by atomic mass is 9.94. The van der Waals surface area contributed by atoms with Crippen LogP contribution in [-0.4, -0.2) is 21.3 Å². The molecule has 0 aliphatic rings. The summed E-state index contributed by atoms with van der Waals surface area (Å²) in [5, 5.41) is 0. The highest BCUT2D eigenvalue weighted by Gasteiger charge is 2.19. The number of para-hydroxylation sites is 2. The molecule has 3 rings (SSSR count). The SMILES string of the molecule is COc1ccc(C(Br)=C(c2ccccc2OC)c2ccccc2OC)cc1. The molecule has 0 aromatic heterocycles. The topological polar surface area (TPSA) is 27.7 Å². The molecule has 0 saturated heterocycles. The lowest BCUT2D eigenvalue weighted by Gasteiger charge is -2.18. The fraction of sp³-hybridized carbons (Fsp3) is 0.130. The molecule has 27 heavy (non-hydrogen) atoms. The molecule has 0 radical (unpaired) electrons. The maximum absolute atomic E-state index is 5.63. The average molecular weight is 425 g/mol. The molecule has 0 bridgehead atoms. The van der Waals surface area contributed by atoms with Gasteiger partial charge in [-0.1, -0.05) is 48.5 Å².